The number of esters is 1. The Bertz CT molecular complexity index is 253. The van der Waals surface area contributed by atoms with E-state index >= 15 is 0 Å². The Balaban J connectivity index is 3.65. The lowest BCUT2D eigenvalue weighted by atomic mass is 9.94. The van der Waals surface area contributed by atoms with Crippen molar-refractivity contribution < 1.29 is 19.4 Å². The number of hydrogen-bond acceptors (Lipinski definition) is 4. The predicted octanol–water partition coefficient (Wildman–Crippen LogP) is 1.80. The third-order valence-electron chi connectivity index (χ3n) is 2.64. The van der Waals surface area contributed by atoms with Gasteiger partial charge in [-0.3, -0.25) is 9.59 Å². The quantitative estimate of drug-likeness (QED) is 0.461. The molecule has 0 heterocycles. The number of unbranched alkanes of at least 4 members (excludes halogenated alkanes) is 1. The first-order valence-electron chi connectivity index (χ1n) is 6.53. The molecular formula is C13H25NO4. The molecule has 0 spiro atoms. The Labute approximate surface area is 109 Å². The summed E-state index contributed by atoms with van der Waals surface area (Å²) in [4.78, 5) is 21.8. The van der Waals surface area contributed by atoms with Crippen LogP contribution in [0.2, 0.25) is 0 Å². The van der Waals surface area contributed by atoms with Crippen LogP contribution in [0, 0.1) is 11.8 Å². The summed E-state index contributed by atoms with van der Waals surface area (Å²) in [6.45, 7) is 4.98. The zero-order chi connectivity index (χ0) is 14.0. The van der Waals surface area contributed by atoms with Gasteiger partial charge in [-0.2, -0.15) is 0 Å². The van der Waals surface area contributed by atoms with Crippen LogP contribution in [0.5, 0.6) is 0 Å². The Morgan fingerprint density at radius 3 is 2.44 bits per heavy atom. The van der Waals surface area contributed by atoms with Gasteiger partial charge in [0.15, 0.2) is 0 Å². The second-order valence-corrected chi connectivity index (χ2v) is 5.01. The maximum atomic E-state index is 11.5. The molecule has 5 heteroatoms. The molecule has 0 saturated carbocycles. The largest absolute Gasteiger partial charge is 0.481 e. The zero-order valence-electron chi connectivity index (χ0n) is 11.4. The summed E-state index contributed by atoms with van der Waals surface area (Å²) in [6.07, 6.45) is 2.53. The van der Waals surface area contributed by atoms with E-state index in [0.717, 1.165) is 6.42 Å². The molecule has 1 unspecified atom stereocenters. The van der Waals surface area contributed by atoms with E-state index < -0.39 is 5.97 Å². The molecule has 0 saturated heterocycles. The van der Waals surface area contributed by atoms with Gasteiger partial charge in [-0.25, -0.2) is 0 Å². The molecule has 0 aromatic heterocycles. The number of rotatable bonds is 10. The van der Waals surface area contributed by atoms with Crippen molar-refractivity contribution in [1.82, 2.24) is 0 Å². The van der Waals surface area contributed by atoms with Crippen LogP contribution in [0.15, 0.2) is 0 Å². The van der Waals surface area contributed by atoms with Crippen LogP contribution in [0.25, 0.3) is 0 Å². The van der Waals surface area contributed by atoms with E-state index in [1.807, 2.05) is 0 Å². The second-order valence-electron chi connectivity index (χ2n) is 5.01. The van der Waals surface area contributed by atoms with Crippen LogP contribution in [-0.2, 0) is 14.3 Å². The van der Waals surface area contributed by atoms with Crippen LogP contribution in [-0.4, -0.2) is 30.2 Å². The molecule has 0 aliphatic heterocycles. The fourth-order valence-electron chi connectivity index (χ4n) is 1.79. The first-order chi connectivity index (χ1) is 8.45. The van der Waals surface area contributed by atoms with Crippen molar-refractivity contribution in [3.8, 4) is 0 Å². The van der Waals surface area contributed by atoms with Gasteiger partial charge in [0.1, 0.15) is 0 Å². The van der Waals surface area contributed by atoms with Gasteiger partial charge in [0.2, 0.25) is 0 Å². The maximum absolute atomic E-state index is 11.5. The van der Waals surface area contributed by atoms with Gasteiger partial charge in [-0.15, -0.1) is 0 Å². The molecule has 18 heavy (non-hydrogen) atoms. The van der Waals surface area contributed by atoms with Gasteiger partial charge in [-0.05, 0) is 37.6 Å². The highest BCUT2D eigenvalue weighted by Crippen LogP contribution is 2.14. The molecular weight excluding hydrogens is 234 g/mol. The summed E-state index contributed by atoms with van der Waals surface area (Å²) in [5.74, 6) is -0.360. The molecule has 0 amide bonds. The van der Waals surface area contributed by atoms with Crippen LogP contribution < -0.4 is 5.73 Å². The number of carbonyl (C=O) groups is 2. The molecule has 1 atom stereocenters. The lowest BCUT2D eigenvalue weighted by molar-refractivity contribution is -0.144. The second kappa shape index (κ2) is 9.88. The molecule has 5 nitrogen and oxygen atoms in total. The van der Waals surface area contributed by atoms with E-state index in [1.165, 1.54) is 0 Å². The van der Waals surface area contributed by atoms with Gasteiger partial charge in [-0.1, -0.05) is 13.8 Å². The Morgan fingerprint density at radius 1 is 1.28 bits per heavy atom. The third-order valence-corrected chi connectivity index (χ3v) is 2.64. The summed E-state index contributed by atoms with van der Waals surface area (Å²) in [5.41, 5.74) is 5.61. The maximum Gasteiger partial charge on any atom is 0.306 e. The first kappa shape index (κ1) is 16.9. The molecule has 0 aliphatic rings. The normalized spacial score (nSPS) is 12.4. The third kappa shape index (κ3) is 10.1. The molecule has 0 aromatic rings. The van der Waals surface area contributed by atoms with E-state index in [0.29, 0.717) is 38.3 Å². The van der Waals surface area contributed by atoms with E-state index in [2.05, 4.69) is 13.8 Å². The van der Waals surface area contributed by atoms with E-state index in [-0.39, 0.29) is 18.3 Å². The van der Waals surface area contributed by atoms with Crippen molar-refractivity contribution in [1.29, 1.82) is 0 Å². The number of carboxylic acids is 1. The summed E-state index contributed by atoms with van der Waals surface area (Å²) in [5, 5.41) is 8.44. The van der Waals surface area contributed by atoms with Crippen molar-refractivity contribution in [2.75, 3.05) is 13.2 Å². The van der Waals surface area contributed by atoms with Crippen LogP contribution >= 0.6 is 0 Å². The number of aliphatic carboxylic acids is 1. The SMILES string of the molecule is CC(C)CC(CN)CC(=O)OCCCCC(=O)O. The van der Waals surface area contributed by atoms with Gasteiger partial charge in [0, 0.05) is 12.8 Å². The average Bonchev–Trinajstić information content (AvgIpc) is 2.26. The van der Waals surface area contributed by atoms with E-state index in [4.69, 9.17) is 15.6 Å². The van der Waals surface area contributed by atoms with Gasteiger partial charge >= 0.3 is 11.9 Å². The van der Waals surface area contributed by atoms with Gasteiger partial charge in [0.05, 0.1) is 6.61 Å². The van der Waals surface area contributed by atoms with Crippen LogP contribution in [0.1, 0.15) is 46.0 Å². The van der Waals surface area contributed by atoms with Crippen molar-refractivity contribution in [2.45, 2.75) is 46.0 Å². The Kier molecular flexibility index (Phi) is 9.28. The number of carboxylic acid groups (broad SMARTS) is 1. The van der Waals surface area contributed by atoms with Crippen molar-refractivity contribution in [3.05, 3.63) is 0 Å². The van der Waals surface area contributed by atoms with Crippen LogP contribution in [0.4, 0.5) is 0 Å². The molecule has 0 aromatic carbocycles. The van der Waals surface area contributed by atoms with E-state index in [1.54, 1.807) is 0 Å². The smallest absolute Gasteiger partial charge is 0.306 e. The topological polar surface area (TPSA) is 89.6 Å². The molecule has 0 fully saturated rings. The van der Waals surface area contributed by atoms with Crippen molar-refractivity contribution in [2.24, 2.45) is 17.6 Å². The highest BCUT2D eigenvalue weighted by molar-refractivity contribution is 5.69. The number of ether oxygens (including phenoxy) is 1. The minimum atomic E-state index is -0.818. The monoisotopic (exact) mass is 259 g/mol. The number of nitrogens with two attached hydrogens (primary N) is 1. The summed E-state index contributed by atoms with van der Waals surface area (Å²) in [7, 11) is 0. The lowest BCUT2D eigenvalue weighted by Gasteiger charge is -2.16. The standard InChI is InChI=1S/C13H25NO4/c1-10(2)7-11(9-14)8-13(17)18-6-4-3-5-12(15)16/h10-11H,3-9,14H2,1-2H3,(H,15,16). The molecule has 0 rings (SSSR count). The summed E-state index contributed by atoms with van der Waals surface area (Å²) >= 11 is 0. The minimum absolute atomic E-state index is 0.121. The lowest BCUT2D eigenvalue weighted by Crippen LogP contribution is -2.21. The summed E-state index contributed by atoms with van der Waals surface area (Å²) < 4.78 is 5.05. The number of carbonyl (C=O) groups excluding carboxylic acids is 1. The average molecular weight is 259 g/mol. The minimum Gasteiger partial charge on any atom is -0.481 e. The zero-order valence-corrected chi connectivity index (χ0v) is 11.4. The summed E-state index contributed by atoms with van der Waals surface area (Å²) in [6, 6.07) is 0. The van der Waals surface area contributed by atoms with Gasteiger partial charge in [0.25, 0.3) is 0 Å². The molecule has 0 aliphatic carbocycles. The van der Waals surface area contributed by atoms with Crippen molar-refractivity contribution >= 4 is 11.9 Å². The predicted molar refractivity (Wildman–Crippen MR) is 69.1 cm³/mol. The highest BCUT2D eigenvalue weighted by Gasteiger charge is 2.14. The Morgan fingerprint density at radius 2 is 1.94 bits per heavy atom. The van der Waals surface area contributed by atoms with Crippen LogP contribution in [0.3, 0.4) is 0 Å². The molecule has 3 N–H and O–H groups in total. The van der Waals surface area contributed by atoms with Gasteiger partial charge < -0.3 is 15.6 Å². The van der Waals surface area contributed by atoms with E-state index in [9.17, 15) is 9.59 Å². The molecule has 0 bridgehead atoms. The molecule has 106 valence electrons. The fraction of sp³-hybridized carbons (Fsp3) is 0.846. The van der Waals surface area contributed by atoms with Crippen molar-refractivity contribution in [3.63, 3.8) is 0 Å². The fourth-order valence-corrected chi connectivity index (χ4v) is 1.79. The molecule has 0 radical (unpaired) electrons. The number of hydrogen-bond donors (Lipinski definition) is 2. The highest BCUT2D eigenvalue weighted by atomic mass is 16.5. The first-order valence-corrected chi connectivity index (χ1v) is 6.53. The Hall–Kier alpha value is -1.10.